The zero-order valence-corrected chi connectivity index (χ0v) is 17.9. The van der Waals surface area contributed by atoms with Crippen LogP contribution in [0.3, 0.4) is 0 Å². The first kappa shape index (κ1) is 23.9. The number of rotatable bonds is 6. The number of nitrogens with two attached hydrogens (primary N) is 1. The zero-order chi connectivity index (χ0) is 23.3. The van der Waals surface area contributed by atoms with Crippen LogP contribution in [0.25, 0.3) is 0 Å². The minimum absolute atomic E-state index is 0.0165. The average Bonchev–Trinajstić information content (AvgIpc) is 2.78. The number of amides is 1. The summed E-state index contributed by atoms with van der Waals surface area (Å²) in [5, 5.41) is 18.2. The van der Waals surface area contributed by atoms with Crippen molar-refractivity contribution in [3.05, 3.63) is 29.3 Å². The molecule has 1 heterocycles. The summed E-state index contributed by atoms with van der Waals surface area (Å²) in [6.07, 6.45) is 0.205. The van der Waals surface area contributed by atoms with Gasteiger partial charge in [-0.15, -0.1) is 0 Å². The maximum Gasteiger partial charge on any atom is 0.416 e. The topological polar surface area (TPSA) is 97.2 Å². The third-order valence-corrected chi connectivity index (χ3v) is 6.77. The maximum atomic E-state index is 13.1. The molecule has 1 aliphatic heterocycles. The van der Waals surface area contributed by atoms with Crippen LogP contribution >= 0.6 is 0 Å². The second-order valence-corrected chi connectivity index (χ2v) is 8.79. The van der Waals surface area contributed by atoms with E-state index in [0.29, 0.717) is 24.7 Å². The second-order valence-electron chi connectivity index (χ2n) is 8.79. The van der Waals surface area contributed by atoms with Crippen LogP contribution in [0.15, 0.2) is 18.2 Å². The molecule has 172 valence electrons. The number of benzene rings is 1. The standard InChI is InChI=1S/C23H28F3N5O/c24-23(25,26)19-11-17(14-27)12-20(13-19)31-9-7-30(8-10-31)6-5-16-1-3-18(4-2-16)21(15-28)22(29)32/h11-13,16,18,21H,1-10H2,(H2,29,32). The highest BCUT2D eigenvalue weighted by Crippen LogP contribution is 2.35. The summed E-state index contributed by atoms with van der Waals surface area (Å²) in [6, 6.07) is 7.39. The van der Waals surface area contributed by atoms with Gasteiger partial charge in [-0.25, -0.2) is 0 Å². The van der Waals surface area contributed by atoms with E-state index < -0.39 is 23.6 Å². The molecule has 9 heteroatoms. The van der Waals surface area contributed by atoms with Crippen LogP contribution in [0.2, 0.25) is 0 Å². The van der Waals surface area contributed by atoms with Gasteiger partial charge >= 0.3 is 6.18 Å². The van der Waals surface area contributed by atoms with E-state index in [9.17, 15) is 18.0 Å². The molecular weight excluding hydrogens is 419 g/mol. The third kappa shape index (κ3) is 5.92. The van der Waals surface area contributed by atoms with Gasteiger partial charge in [-0.3, -0.25) is 9.69 Å². The highest BCUT2D eigenvalue weighted by atomic mass is 19.4. The van der Waals surface area contributed by atoms with Gasteiger partial charge in [0, 0.05) is 31.9 Å². The second kappa shape index (κ2) is 10.2. The molecule has 0 bridgehead atoms. The molecule has 1 aromatic carbocycles. The van der Waals surface area contributed by atoms with Gasteiger partial charge in [0.15, 0.2) is 0 Å². The number of hydrogen-bond donors (Lipinski definition) is 1. The van der Waals surface area contributed by atoms with Crippen molar-refractivity contribution in [2.24, 2.45) is 23.5 Å². The SMILES string of the molecule is N#Cc1cc(N2CCN(CCC3CCC(C(C#N)C(N)=O)CC3)CC2)cc(C(F)(F)F)c1. The van der Waals surface area contributed by atoms with Gasteiger partial charge in [0.1, 0.15) is 5.92 Å². The van der Waals surface area contributed by atoms with Crippen LogP contribution in [-0.2, 0) is 11.0 Å². The molecule has 1 aromatic rings. The summed E-state index contributed by atoms with van der Waals surface area (Å²) in [5.41, 5.74) is 4.99. The number of primary amides is 1. The number of piperazine rings is 1. The van der Waals surface area contributed by atoms with E-state index in [1.54, 1.807) is 0 Å². The molecule has 3 rings (SSSR count). The Hall–Kier alpha value is -2.78. The monoisotopic (exact) mass is 447 g/mol. The predicted molar refractivity (Wildman–Crippen MR) is 113 cm³/mol. The zero-order valence-electron chi connectivity index (χ0n) is 17.9. The molecule has 1 aliphatic carbocycles. The Morgan fingerprint density at radius 2 is 1.75 bits per heavy atom. The lowest BCUT2D eigenvalue weighted by Gasteiger charge is -2.37. The predicted octanol–water partition coefficient (Wildman–Crippen LogP) is 3.52. The van der Waals surface area contributed by atoms with Crippen molar-refractivity contribution in [1.29, 1.82) is 10.5 Å². The molecular formula is C23H28F3N5O. The molecule has 0 spiro atoms. The summed E-state index contributed by atoms with van der Waals surface area (Å²) in [7, 11) is 0. The molecule has 6 nitrogen and oxygen atoms in total. The highest BCUT2D eigenvalue weighted by molar-refractivity contribution is 5.79. The van der Waals surface area contributed by atoms with Crippen molar-refractivity contribution in [2.45, 2.75) is 38.3 Å². The summed E-state index contributed by atoms with van der Waals surface area (Å²) >= 11 is 0. The summed E-state index contributed by atoms with van der Waals surface area (Å²) in [4.78, 5) is 15.6. The van der Waals surface area contributed by atoms with Crippen LogP contribution < -0.4 is 10.6 Å². The van der Waals surface area contributed by atoms with Gasteiger partial charge in [0.2, 0.25) is 5.91 Å². The van der Waals surface area contributed by atoms with Crippen LogP contribution in [0.5, 0.6) is 0 Å². The number of hydrogen-bond acceptors (Lipinski definition) is 5. The Balaban J connectivity index is 1.47. The first-order valence-corrected chi connectivity index (χ1v) is 11.0. The molecule has 0 radical (unpaired) electrons. The Morgan fingerprint density at radius 1 is 1.09 bits per heavy atom. The molecule has 32 heavy (non-hydrogen) atoms. The van der Waals surface area contributed by atoms with Gasteiger partial charge < -0.3 is 10.6 Å². The summed E-state index contributed by atoms with van der Waals surface area (Å²) < 4.78 is 39.4. The quantitative estimate of drug-likeness (QED) is 0.720. The van der Waals surface area contributed by atoms with Gasteiger partial charge in [-0.1, -0.05) is 12.8 Å². The lowest BCUT2D eigenvalue weighted by Crippen LogP contribution is -2.47. The lowest BCUT2D eigenvalue weighted by atomic mass is 9.75. The van der Waals surface area contributed by atoms with Crippen molar-refractivity contribution < 1.29 is 18.0 Å². The van der Waals surface area contributed by atoms with E-state index in [0.717, 1.165) is 63.9 Å². The van der Waals surface area contributed by atoms with Crippen molar-refractivity contribution in [3.8, 4) is 12.1 Å². The van der Waals surface area contributed by atoms with E-state index in [1.165, 1.54) is 6.07 Å². The molecule has 1 saturated heterocycles. The largest absolute Gasteiger partial charge is 0.416 e. The van der Waals surface area contributed by atoms with Crippen LogP contribution in [0, 0.1) is 40.4 Å². The number of nitriles is 2. The number of carbonyl (C=O) groups is 1. The molecule has 0 aromatic heterocycles. The van der Waals surface area contributed by atoms with E-state index >= 15 is 0 Å². The molecule has 1 amide bonds. The smallest absolute Gasteiger partial charge is 0.369 e. The summed E-state index contributed by atoms with van der Waals surface area (Å²) in [6.45, 7) is 3.66. The fraction of sp³-hybridized carbons (Fsp3) is 0.609. The van der Waals surface area contributed by atoms with E-state index in [1.807, 2.05) is 17.0 Å². The van der Waals surface area contributed by atoms with Gasteiger partial charge in [0.05, 0.1) is 23.3 Å². The normalized spacial score (nSPS) is 23.2. The van der Waals surface area contributed by atoms with Crippen molar-refractivity contribution in [3.63, 3.8) is 0 Å². The first-order valence-electron chi connectivity index (χ1n) is 11.0. The van der Waals surface area contributed by atoms with E-state index in [4.69, 9.17) is 16.3 Å². The molecule has 1 unspecified atom stereocenters. The van der Waals surface area contributed by atoms with Crippen LogP contribution in [0.4, 0.5) is 18.9 Å². The first-order chi connectivity index (χ1) is 15.2. The minimum atomic E-state index is -4.48. The molecule has 2 fully saturated rings. The number of alkyl halides is 3. The van der Waals surface area contributed by atoms with Gasteiger partial charge in [0.25, 0.3) is 0 Å². The number of halogens is 3. The minimum Gasteiger partial charge on any atom is -0.369 e. The van der Waals surface area contributed by atoms with Gasteiger partial charge in [-0.2, -0.15) is 23.7 Å². The van der Waals surface area contributed by atoms with Crippen molar-refractivity contribution in [1.82, 2.24) is 4.90 Å². The van der Waals surface area contributed by atoms with Crippen LogP contribution in [0.1, 0.15) is 43.2 Å². The van der Waals surface area contributed by atoms with Crippen molar-refractivity contribution >= 4 is 11.6 Å². The maximum absolute atomic E-state index is 13.1. The van der Waals surface area contributed by atoms with Crippen LogP contribution in [-0.4, -0.2) is 43.5 Å². The summed E-state index contributed by atoms with van der Waals surface area (Å²) in [5.74, 6) is -0.612. The number of carbonyl (C=O) groups excluding carboxylic acids is 1. The van der Waals surface area contributed by atoms with E-state index in [2.05, 4.69) is 4.90 Å². The average molecular weight is 448 g/mol. The number of nitrogens with zero attached hydrogens (tertiary/aromatic N) is 4. The Morgan fingerprint density at radius 3 is 2.28 bits per heavy atom. The third-order valence-electron chi connectivity index (χ3n) is 6.77. The Kier molecular flexibility index (Phi) is 7.63. The molecule has 1 atom stereocenters. The molecule has 2 N–H and O–H groups in total. The molecule has 2 aliphatic rings. The van der Waals surface area contributed by atoms with E-state index in [-0.39, 0.29) is 11.5 Å². The highest BCUT2D eigenvalue weighted by Gasteiger charge is 2.33. The molecule has 1 saturated carbocycles. The Labute approximate surface area is 186 Å². The number of anilines is 1. The fourth-order valence-electron chi connectivity index (χ4n) is 4.83. The fourth-order valence-corrected chi connectivity index (χ4v) is 4.83. The lowest BCUT2D eigenvalue weighted by molar-refractivity contribution is -0.137. The Bertz CT molecular complexity index is 888. The van der Waals surface area contributed by atoms with Gasteiger partial charge in [-0.05, 0) is 55.8 Å². The van der Waals surface area contributed by atoms with Crippen molar-refractivity contribution in [2.75, 3.05) is 37.6 Å².